The summed E-state index contributed by atoms with van der Waals surface area (Å²) in [4.78, 5) is 8.51. The number of nitrogens with one attached hydrogen (secondary N) is 1. The highest BCUT2D eigenvalue weighted by Gasteiger charge is 2.05. The van der Waals surface area contributed by atoms with E-state index in [2.05, 4.69) is 34.3 Å². The van der Waals surface area contributed by atoms with Gasteiger partial charge in [0.1, 0.15) is 5.75 Å². The molecule has 0 saturated carbocycles. The van der Waals surface area contributed by atoms with Crippen molar-refractivity contribution < 1.29 is 9.26 Å². The number of aryl methyl sites for hydroxylation is 1. The van der Waals surface area contributed by atoms with Gasteiger partial charge < -0.3 is 14.6 Å². The van der Waals surface area contributed by atoms with Crippen LogP contribution in [0.1, 0.15) is 38.2 Å². The highest BCUT2D eigenvalue weighted by Crippen LogP contribution is 2.11. The van der Waals surface area contributed by atoms with Crippen molar-refractivity contribution in [1.29, 1.82) is 0 Å². The predicted octanol–water partition coefficient (Wildman–Crippen LogP) is 2.10. The monoisotopic (exact) mass is 276 g/mol. The molecule has 0 bridgehead atoms. The maximum absolute atomic E-state index is 5.55. The molecular formula is C14H20N4O2. The molecule has 2 heterocycles. The van der Waals surface area contributed by atoms with Crippen molar-refractivity contribution in [3.8, 4) is 5.75 Å². The zero-order chi connectivity index (χ0) is 14.4. The van der Waals surface area contributed by atoms with Crippen molar-refractivity contribution in [2.24, 2.45) is 0 Å². The summed E-state index contributed by atoms with van der Waals surface area (Å²) >= 11 is 0. The summed E-state index contributed by atoms with van der Waals surface area (Å²) in [5, 5.41) is 7.12. The first-order chi connectivity index (χ1) is 9.67. The van der Waals surface area contributed by atoms with Crippen LogP contribution in [0.15, 0.2) is 22.9 Å². The van der Waals surface area contributed by atoms with E-state index in [-0.39, 0.29) is 6.61 Å². The third kappa shape index (κ3) is 4.31. The van der Waals surface area contributed by atoms with Crippen molar-refractivity contribution in [1.82, 2.24) is 20.4 Å². The Balaban J connectivity index is 1.84. The molecule has 0 radical (unpaired) electrons. The van der Waals surface area contributed by atoms with Crippen LogP contribution in [0.2, 0.25) is 0 Å². The van der Waals surface area contributed by atoms with Crippen molar-refractivity contribution in [3.63, 3.8) is 0 Å². The zero-order valence-electron chi connectivity index (χ0n) is 12.1. The van der Waals surface area contributed by atoms with Crippen molar-refractivity contribution >= 4 is 0 Å². The van der Waals surface area contributed by atoms with Crippen LogP contribution in [0.3, 0.4) is 0 Å². The smallest absolute Gasteiger partial charge is 0.264 e. The molecule has 0 aliphatic carbocycles. The van der Waals surface area contributed by atoms with Gasteiger partial charge in [0, 0.05) is 19.0 Å². The zero-order valence-corrected chi connectivity index (χ0v) is 12.1. The SMILES string of the molecule is CCc1noc(COc2ccc(CNC(C)C)nc2)n1. The van der Waals surface area contributed by atoms with Crippen LogP contribution < -0.4 is 10.1 Å². The molecule has 0 atom stereocenters. The fourth-order valence-corrected chi connectivity index (χ4v) is 1.55. The van der Waals surface area contributed by atoms with Crippen molar-refractivity contribution in [2.45, 2.75) is 46.4 Å². The summed E-state index contributed by atoms with van der Waals surface area (Å²) in [6.45, 7) is 7.20. The molecular weight excluding hydrogens is 256 g/mol. The second-order valence-corrected chi connectivity index (χ2v) is 4.77. The van der Waals surface area contributed by atoms with Gasteiger partial charge in [0.05, 0.1) is 11.9 Å². The summed E-state index contributed by atoms with van der Waals surface area (Å²) in [5.41, 5.74) is 0.983. The number of aromatic nitrogens is 3. The molecule has 6 nitrogen and oxygen atoms in total. The van der Waals surface area contributed by atoms with Gasteiger partial charge in [-0.05, 0) is 12.1 Å². The molecule has 2 aromatic heterocycles. The van der Waals surface area contributed by atoms with Gasteiger partial charge in [0.2, 0.25) is 0 Å². The van der Waals surface area contributed by atoms with E-state index in [4.69, 9.17) is 9.26 Å². The van der Waals surface area contributed by atoms with Gasteiger partial charge in [-0.3, -0.25) is 4.98 Å². The summed E-state index contributed by atoms with van der Waals surface area (Å²) in [7, 11) is 0. The summed E-state index contributed by atoms with van der Waals surface area (Å²) in [5.74, 6) is 1.86. The summed E-state index contributed by atoms with van der Waals surface area (Å²) in [6, 6.07) is 4.27. The Morgan fingerprint density at radius 3 is 2.80 bits per heavy atom. The normalized spacial score (nSPS) is 11.0. The Hall–Kier alpha value is -1.95. The molecule has 6 heteroatoms. The Bertz CT molecular complexity index is 522. The Morgan fingerprint density at radius 1 is 1.35 bits per heavy atom. The number of rotatable bonds is 7. The van der Waals surface area contributed by atoms with Crippen LogP contribution in [0.5, 0.6) is 5.75 Å². The van der Waals surface area contributed by atoms with Crippen LogP contribution in [0.25, 0.3) is 0 Å². The Labute approximate surface area is 118 Å². The molecule has 2 aromatic rings. The number of pyridine rings is 1. The lowest BCUT2D eigenvalue weighted by Crippen LogP contribution is -2.22. The standard InChI is InChI=1S/C14H20N4O2/c1-4-13-17-14(20-18-13)9-19-12-6-5-11(16-8-12)7-15-10(2)3/h5-6,8,10,15H,4,7,9H2,1-3H3. The third-order valence-corrected chi connectivity index (χ3v) is 2.68. The third-order valence-electron chi connectivity index (χ3n) is 2.68. The maximum atomic E-state index is 5.55. The van der Waals surface area contributed by atoms with Gasteiger partial charge in [0.15, 0.2) is 12.4 Å². The van der Waals surface area contributed by atoms with Gasteiger partial charge >= 0.3 is 0 Å². The summed E-state index contributed by atoms with van der Waals surface area (Å²) < 4.78 is 10.6. The first kappa shape index (κ1) is 14.5. The molecule has 0 fully saturated rings. The first-order valence-corrected chi connectivity index (χ1v) is 6.80. The Kier molecular flexibility index (Phi) is 5.06. The van der Waals surface area contributed by atoms with Crippen molar-refractivity contribution in [2.75, 3.05) is 0 Å². The second-order valence-electron chi connectivity index (χ2n) is 4.77. The molecule has 20 heavy (non-hydrogen) atoms. The van der Waals surface area contributed by atoms with E-state index < -0.39 is 0 Å². The number of hydrogen-bond acceptors (Lipinski definition) is 6. The minimum Gasteiger partial charge on any atom is -0.482 e. The van der Waals surface area contributed by atoms with Crippen LogP contribution >= 0.6 is 0 Å². The Morgan fingerprint density at radius 2 is 2.20 bits per heavy atom. The molecule has 2 rings (SSSR count). The lowest BCUT2D eigenvalue weighted by molar-refractivity contribution is 0.241. The molecule has 1 N–H and O–H groups in total. The number of ether oxygens (including phenoxy) is 1. The van der Waals surface area contributed by atoms with Gasteiger partial charge in [-0.1, -0.05) is 25.9 Å². The largest absolute Gasteiger partial charge is 0.482 e. The molecule has 0 spiro atoms. The van der Waals surface area contributed by atoms with E-state index in [1.807, 2.05) is 19.1 Å². The average molecular weight is 276 g/mol. The topological polar surface area (TPSA) is 73.1 Å². The average Bonchev–Trinajstić information content (AvgIpc) is 2.92. The molecule has 0 aliphatic rings. The number of nitrogens with zero attached hydrogens (tertiary/aromatic N) is 3. The van der Waals surface area contributed by atoms with Gasteiger partial charge in [-0.25, -0.2) is 0 Å². The molecule has 0 aliphatic heterocycles. The second kappa shape index (κ2) is 7.00. The minimum atomic E-state index is 0.262. The predicted molar refractivity (Wildman–Crippen MR) is 74.2 cm³/mol. The van der Waals surface area contributed by atoms with Gasteiger partial charge in [-0.15, -0.1) is 0 Å². The van der Waals surface area contributed by atoms with E-state index in [1.165, 1.54) is 0 Å². The minimum absolute atomic E-state index is 0.262. The van der Waals surface area contributed by atoms with Crippen LogP contribution in [-0.4, -0.2) is 21.2 Å². The van der Waals surface area contributed by atoms with E-state index in [1.54, 1.807) is 6.20 Å². The van der Waals surface area contributed by atoms with E-state index >= 15 is 0 Å². The lowest BCUT2D eigenvalue weighted by atomic mass is 10.3. The van der Waals surface area contributed by atoms with Gasteiger partial charge in [0.25, 0.3) is 5.89 Å². The molecule has 0 amide bonds. The van der Waals surface area contributed by atoms with E-state index in [9.17, 15) is 0 Å². The lowest BCUT2D eigenvalue weighted by Gasteiger charge is -2.08. The van der Waals surface area contributed by atoms with Gasteiger partial charge in [-0.2, -0.15) is 4.98 Å². The molecule has 0 saturated heterocycles. The van der Waals surface area contributed by atoms with E-state index in [0.717, 1.165) is 18.7 Å². The number of hydrogen-bond donors (Lipinski definition) is 1. The molecule has 108 valence electrons. The molecule has 0 unspecified atom stereocenters. The fraction of sp³-hybridized carbons (Fsp3) is 0.500. The quantitative estimate of drug-likeness (QED) is 0.835. The maximum Gasteiger partial charge on any atom is 0.264 e. The highest BCUT2D eigenvalue weighted by molar-refractivity contribution is 5.19. The fourth-order valence-electron chi connectivity index (χ4n) is 1.55. The van der Waals surface area contributed by atoms with Crippen LogP contribution in [-0.2, 0) is 19.6 Å². The summed E-state index contributed by atoms with van der Waals surface area (Å²) in [6.07, 6.45) is 2.46. The molecule has 0 aromatic carbocycles. The van der Waals surface area contributed by atoms with E-state index in [0.29, 0.717) is 23.5 Å². The van der Waals surface area contributed by atoms with Crippen LogP contribution in [0.4, 0.5) is 0 Å². The first-order valence-electron chi connectivity index (χ1n) is 6.80. The van der Waals surface area contributed by atoms with Crippen LogP contribution in [0, 0.1) is 0 Å². The highest BCUT2D eigenvalue weighted by atomic mass is 16.5. The van der Waals surface area contributed by atoms with Crippen molar-refractivity contribution in [3.05, 3.63) is 35.7 Å².